The van der Waals surface area contributed by atoms with E-state index >= 15 is 0 Å². The Hall–Kier alpha value is -0.830. The molecule has 1 atom stereocenters. The summed E-state index contributed by atoms with van der Waals surface area (Å²) >= 11 is 0. The highest BCUT2D eigenvalue weighted by Crippen LogP contribution is 2.13. The van der Waals surface area contributed by atoms with Crippen LogP contribution in [0, 0.1) is 0 Å². The Morgan fingerprint density at radius 1 is 0.920 bits per heavy atom. The van der Waals surface area contributed by atoms with Crippen molar-refractivity contribution in [2.24, 2.45) is 10.7 Å². The summed E-state index contributed by atoms with van der Waals surface area (Å²) in [6.07, 6.45) is 23.6. The van der Waals surface area contributed by atoms with Crippen molar-refractivity contribution in [1.29, 1.82) is 0 Å². The fraction of sp³-hybridized carbons (Fsp3) is 0.864. The van der Waals surface area contributed by atoms with Gasteiger partial charge in [-0.15, -0.1) is 0 Å². The standard InChI is InChI=1S/C22H43N3/c1-3-4-5-6-7-8-9-10-11-12-13-14-15-16-17-18-22-24-19-20-25(22)21(2)23/h9-10,21H,3-8,11-20,23H2,1-2H3/b10-9+. The molecule has 0 fully saturated rings. The zero-order valence-corrected chi connectivity index (χ0v) is 17.0. The van der Waals surface area contributed by atoms with E-state index in [-0.39, 0.29) is 6.17 Å². The molecular weight excluding hydrogens is 306 g/mol. The van der Waals surface area contributed by atoms with Gasteiger partial charge in [-0.1, -0.05) is 70.4 Å². The first-order chi connectivity index (χ1) is 12.3. The Labute approximate surface area is 157 Å². The van der Waals surface area contributed by atoms with Gasteiger partial charge >= 0.3 is 0 Å². The van der Waals surface area contributed by atoms with Gasteiger partial charge in [-0.25, -0.2) is 0 Å². The monoisotopic (exact) mass is 349 g/mol. The van der Waals surface area contributed by atoms with Gasteiger partial charge in [0.1, 0.15) is 5.84 Å². The Morgan fingerprint density at radius 2 is 1.48 bits per heavy atom. The molecule has 0 spiro atoms. The maximum absolute atomic E-state index is 5.98. The number of unbranched alkanes of at least 4 members (excludes halogenated alkanes) is 11. The molecule has 0 amide bonds. The van der Waals surface area contributed by atoms with Gasteiger partial charge in [-0.2, -0.15) is 0 Å². The van der Waals surface area contributed by atoms with Crippen LogP contribution in [0.3, 0.4) is 0 Å². The third kappa shape index (κ3) is 11.4. The maximum atomic E-state index is 5.98. The Balaban J connectivity index is 1.83. The van der Waals surface area contributed by atoms with Crippen molar-refractivity contribution in [2.45, 2.75) is 110 Å². The molecule has 0 saturated heterocycles. The highest BCUT2D eigenvalue weighted by Gasteiger charge is 2.18. The molecule has 1 aliphatic rings. The molecule has 0 aromatic carbocycles. The first-order valence-electron chi connectivity index (χ1n) is 11.0. The molecule has 0 aliphatic carbocycles. The van der Waals surface area contributed by atoms with Crippen LogP contribution in [0.4, 0.5) is 0 Å². The number of hydrogen-bond donors (Lipinski definition) is 1. The minimum absolute atomic E-state index is 0.116. The SMILES string of the molecule is CCCCCCC/C=C/CCCCCCCCC1=NCCN1C(C)N. The van der Waals surface area contributed by atoms with E-state index in [2.05, 4.69) is 35.9 Å². The molecule has 3 heteroatoms. The predicted molar refractivity (Wildman–Crippen MR) is 112 cm³/mol. The highest BCUT2D eigenvalue weighted by atomic mass is 15.3. The number of rotatable bonds is 16. The van der Waals surface area contributed by atoms with Crippen LogP contribution in [0.15, 0.2) is 17.1 Å². The van der Waals surface area contributed by atoms with Gasteiger partial charge in [-0.3, -0.25) is 4.99 Å². The second-order valence-electron chi connectivity index (χ2n) is 7.57. The van der Waals surface area contributed by atoms with Gasteiger partial charge in [-0.05, 0) is 39.0 Å². The second kappa shape index (κ2) is 15.4. The van der Waals surface area contributed by atoms with E-state index in [1.807, 2.05) is 0 Å². The van der Waals surface area contributed by atoms with Crippen LogP contribution in [-0.4, -0.2) is 30.0 Å². The van der Waals surface area contributed by atoms with Crippen molar-refractivity contribution in [3.8, 4) is 0 Å². The van der Waals surface area contributed by atoms with Gasteiger partial charge in [0.15, 0.2) is 0 Å². The normalized spacial score (nSPS) is 16.0. The molecule has 3 nitrogen and oxygen atoms in total. The molecule has 1 rings (SSSR count). The Morgan fingerprint density at radius 3 is 2.08 bits per heavy atom. The van der Waals surface area contributed by atoms with Crippen LogP contribution in [0.2, 0.25) is 0 Å². The van der Waals surface area contributed by atoms with Crippen molar-refractivity contribution in [3.63, 3.8) is 0 Å². The molecule has 146 valence electrons. The van der Waals surface area contributed by atoms with Crippen molar-refractivity contribution < 1.29 is 0 Å². The van der Waals surface area contributed by atoms with E-state index in [1.54, 1.807) is 0 Å². The van der Waals surface area contributed by atoms with Crippen molar-refractivity contribution in [2.75, 3.05) is 13.1 Å². The lowest BCUT2D eigenvalue weighted by Crippen LogP contribution is -2.41. The van der Waals surface area contributed by atoms with Gasteiger partial charge in [0.05, 0.1) is 12.7 Å². The molecule has 25 heavy (non-hydrogen) atoms. The van der Waals surface area contributed by atoms with Crippen LogP contribution in [0.5, 0.6) is 0 Å². The summed E-state index contributed by atoms with van der Waals surface area (Å²) in [5.41, 5.74) is 5.98. The number of amidine groups is 1. The molecule has 2 N–H and O–H groups in total. The first-order valence-corrected chi connectivity index (χ1v) is 11.0. The molecular formula is C22H43N3. The molecule has 0 bridgehead atoms. The fourth-order valence-electron chi connectivity index (χ4n) is 3.52. The lowest BCUT2D eigenvalue weighted by molar-refractivity contribution is 0.358. The van der Waals surface area contributed by atoms with Gasteiger partial charge in [0, 0.05) is 13.0 Å². The predicted octanol–water partition coefficient (Wildman–Crippen LogP) is 6.04. The molecule has 1 aliphatic heterocycles. The summed E-state index contributed by atoms with van der Waals surface area (Å²) in [7, 11) is 0. The zero-order valence-electron chi connectivity index (χ0n) is 17.0. The van der Waals surface area contributed by atoms with Crippen molar-refractivity contribution >= 4 is 5.84 Å². The van der Waals surface area contributed by atoms with E-state index in [4.69, 9.17) is 5.73 Å². The molecule has 0 aromatic rings. The zero-order chi connectivity index (χ0) is 18.2. The minimum Gasteiger partial charge on any atom is -0.343 e. The average Bonchev–Trinajstić information content (AvgIpc) is 3.07. The van der Waals surface area contributed by atoms with E-state index in [1.165, 1.54) is 89.3 Å². The fourth-order valence-corrected chi connectivity index (χ4v) is 3.52. The lowest BCUT2D eigenvalue weighted by atomic mass is 10.1. The molecule has 0 radical (unpaired) electrons. The van der Waals surface area contributed by atoms with Crippen LogP contribution in [-0.2, 0) is 0 Å². The molecule has 0 saturated carbocycles. The average molecular weight is 350 g/mol. The first kappa shape index (κ1) is 22.2. The quantitative estimate of drug-likeness (QED) is 0.272. The number of allylic oxidation sites excluding steroid dienone is 2. The number of nitrogens with zero attached hydrogens (tertiary/aromatic N) is 2. The summed E-state index contributed by atoms with van der Waals surface area (Å²) in [6, 6.07) is 0. The van der Waals surface area contributed by atoms with Crippen LogP contribution in [0.1, 0.15) is 104 Å². The Bertz CT molecular complexity index is 360. The summed E-state index contributed by atoms with van der Waals surface area (Å²) in [5, 5.41) is 0. The smallest absolute Gasteiger partial charge is 0.100 e. The Kier molecular flexibility index (Phi) is 13.7. The summed E-state index contributed by atoms with van der Waals surface area (Å²) < 4.78 is 0. The topological polar surface area (TPSA) is 41.6 Å². The lowest BCUT2D eigenvalue weighted by Gasteiger charge is -2.24. The number of aliphatic imine (C=N–C) groups is 1. The summed E-state index contributed by atoms with van der Waals surface area (Å²) in [4.78, 5) is 6.86. The minimum atomic E-state index is 0.116. The van der Waals surface area contributed by atoms with E-state index in [0.717, 1.165) is 19.5 Å². The third-order valence-electron chi connectivity index (χ3n) is 5.12. The summed E-state index contributed by atoms with van der Waals surface area (Å²) in [5.74, 6) is 1.25. The largest absolute Gasteiger partial charge is 0.343 e. The molecule has 1 heterocycles. The van der Waals surface area contributed by atoms with E-state index in [9.17, 15) is 0 Å². The van der Waals surface area contributed by atoms with Crippen LogP contribution < -0.4 is 5.73 Å². The van der Waals surface area contributed by atoms with Crippen molar-refractivity contribution in [3.05, 3.63) is 12.2 Å². The third-order valence-corrected chi connectivity index (χ3v) is 5.12. The molecule has 0 aromatic heterocycles. The number of nitrogens with two attached hydrogens (primary N) is 1. The maximum Gasteiger partial charge on any atom is 0.100 e. The summed E-state index contributed by atoms with van der Waals surface area (Å²) in [6.45, 7) is 6.28. The van der Waals surface area contributed by atoms with Gasteiger partial charge in [0.25, 0.3) is 0 Å². The molecule has 1 unspecified atom stereocenters. The van der Waals surface area contributed by atoms with Crippen molar-refractivity contribution in [1.82, 2.24) is 4.90 Å². The number of hydrogen-bond acceptors (Lipinski definition) is 3. The van der Waals surface area contributed by atoms with E-state index < -0.39 is 0 Å². The van der Waals surface area contributed by atoms with E-state index in [0.29, 0.717) is 0 Å². The van der Waals surface area contributed by atoms with Crippen LogP contribution >= 0.6 is 0 Å². The second-order valence-corrected chi connectivity index (χ2v) is 7.57. The van der Waals surface area contributed by atoms with Gasteiger partial charge in [0.2, 0.25) is 0 Å². The van der Waals surface area contributed by atoms with Gasteiger partial charge < -0.3 is 10.6 Å². The highest BCUT2D eigenvalue weighted by molar-refractivity contribution is 5.83. The van der Waals surface area contributed by atoms with Crippen LogP contribution in [0.25, 0.3) is 0 Å².